The number of nitrogens with zero attached hydrogens (tertiary/aromatic N) is 2. The molecule has 208 valence electrons. The van der Waals surface area contributed by atoms with Crippen LogP contribution in [0.15, 0.2) is 77.7 Å². The summed E-state index contributed by atoms with van der Waals surface area (Å²) in [5.74, 6) is -1.64. The van der Waals surface area contributed by atoms with Crippen molar-refractivity contribution in [3.05, 3.63) is 94.8 Å². The Hall–Kier alpha value is -3.43. The van der Waals surface area contributed by atoms with Gasteiger partial charge in [-0.05, 0) is 63.1 Å². The predicted molar refractivity (Wildman–Crippen MR) is 151 cm³/mol. The Labute approximate surface area is 234 Å². The summed E-state index contributed by atoms with van der Waals surface area (Å²) in [7, 11) is -4.21. The van der Waals surface area contributed by atoms with Gasteiger partial charge in [0, 0.05) is 23.2 Å². The first kappa shape index (κ1) is 30.1. The molecule has 0 aliphatic heterocycles. The molecule has 10 heteroatoms. The van der Waals surface area contributed by atoms with Crippen LogP contribution in [0.2, 0.25) is 5.02 Å². The van der Waals surface area contributed by atoms with Gasteiger partial charge in [0.2, 0.25) is 11.8 Å². The maximum atomic E-state index is 14.6. The number of hydrogen-bond donors (Lipinski definition) is 1. The summed E-state index contributed by atoms with van der Waals surface area (Å²) in [6.07, 6.45) is 0.678. The summed E-state index contributed by atoms with van der Waals surface area (Å²) in [6.45, 7) is 6.20. The average molecular weight is 574 g/mol. The first-order chi connectivity index (χ1) is 18.4. The number of carbonyl (C=O) groups excluding carboxylic acids is 2. The van der Waals surface area contributed by atoms with Gasteiger partial charge in [0.1, 0.15) is 18.4 Å². The molecular formula is C29H33ClFN3O4S. The zero-order chi connectivity index (χ0) is 28.7. The minimum Gasteiger partial charge on any atom is -0.352 e. The summed E-state index contributed by atoms with van der Waals surface area (Å²) in [5, 5.41) is 3.18. The molecule has 3 aromatic rings. The molecule has 0 aliphatic carbocycles. The van der Waals surface area contributed by atoms with Crippen molar-refractivity contribution in [1.29, 1.82) is 0 Å². The van der Waals surface area contributed by atoms with Gasteiger partial charge >= 0.3 is 0 Å². The molecule has 0 bridgehead atoms. The lowest BCUT2D eigenvalue weighted by Gasteiger charge is -2.32. The first-order valence-electron chi connectivity index (χ1n) is 12.6. The van der Waals surface area contributed by atoms with E-state index in [2.05, 4.69) is 5.32 Å². The summed E-state index contributed by atoms with van der Waals surface area (Å²) < 4.78 is 43.1. The van der Waals surface area contributed by atoms with Gasteiger partial charge in [-0.25, -0.2) is 12.8 Å². The van der Waals surface area contributed by atoms with Gasteiger partial charge in [-0.3, -0.25) is 13.9 Å². The van der Waals surface area contributed by atoms with E-state index in [4.69, 9.17) is 11.6 Å². The number of carbonyl (C=O) groups is 2. The standard InChI is InChI=1S/C29H33ClFN3O4S/c1-5-21(3)32-29(36)22(4)33(18-23-11-9-10-14-27(23)31)28(35)19-34(24-16-15-20(2)26(30)17-24)39(37,38)25-12-7-6-8-13-25/h6-17,21-22H,5,18-19H2,1-4H3,(H,32,36)/t21-,22+/m1/s1. The number of sulfonamides is 1. The van der Waals surface area contributed by atoms with Gasteiger partial charge in [-0.1, -0.05) is 61.0 Å². The molecule has 0 saturated carbocycles. The number of halogens is 2. The molecule has 0 unspecified atom stereocenters. The van der Waals surface area contributed by atoms with Gasteiger partial charge in [0.15, 0.2) is 0 Å². The van der Waals surface area contributed by atoms with E-state index in [-0.39, 0.29) is 28.7 Å². The first-order valence-corrected chi connectivity index (χ1v) is 14.4. The molecule has 0 saturated heterocycles. The van der Waals surface area contributed by atoms with E-state index >= 15 is 0 Å². The van der Waals surface area contributed by atoms with Crippen molar-refractivity contribution in [2.45, 2.75) is 57.6 Å². The molecule has 39 heavy (non-hydrogen) atoms. The van der Waals surface area contributed by atoms with Gasteiger partial charge in [0.05, 0.1) is 10.6 Å². The second kappa shape index (κ2) is 13.1. The Bertz CT molecular complexity index is 1420. The summed E-state index contributed by atoms with van der Waals surface area (Å²) in [6, 6.07) is 17.2. The highest BCUT2D eigenvalue weighted by molar-refractivity contribution is 7.92. The zero-order valence-electron chi connectivity index (χ0n) is 22.4. The lowest BCUT2D eigenvalue weighted by molar-refractivity contribution is -0.139. The molecule has 7 nitrogen and oxygen atoms in total. The van der Waals surface area contributed by atoms with Crippen molar-refractivity contribution >= 4 is 39.1 Å². The van der Waals surface area contributed by atoms with Gasteiger partial charge in [0.25, 0.3) is 10.0 Å². The lowest BCUT2D eigenvalue weighted by atomic mass is 10.1. The van der Waals surface area contributed by atoms with Crippen molar-refractivity contribution in [3.63, 3.8) is 0 Å². The summed E-state index contributed by atoms with van der Waals surface area (Å²) in [4.78, 5) is 28.1. The van der Waals surface area contributed by atoms with Gasteiger partial charge in [-0.2, -0.15) is 0 Å². The minimum atomic E-state index is -4.21. The van der Waals surface area contributed by atoms with Crippen LogP contribution < -0.4 is 9.62 Å². The second-order valence-electron chi connectivity index (χ2n) is 9.37. The quantitative estimate of drug-likeness (QED) is 0.337. The fourth-order valence-electron chi connectivity index (χ4n) is 3.84. The normalized spacial score (nSPS) is 12.9. The summed E-state index contributed by atoms with van der Waals surface area (Å²) >= 11 is 6.32. The second-order valence-corrected chi connectivity index (χ2v) is 11.6. The van der Waals surface area contributed by atoms with E-state index in [1.807, 2.05) is 13.8 Å². The van der Waals surface area contributed by atoms with Crippen LogP contribution >= 0.6 is 11.6 Å². The SMILES string of the molecule is CC[C@@H](C)NC(=O)[C@H](C)N(Cc1ccccc1F)C(=O)CN(c1ccc(C)c(Cl)c1)S(=O)(=O)c1ccccc1. The van der Waals surface area contributed by atoms with Crippen LogP contribution in [0.1, 0.15) is 38.3 Å². The average Bonchev–Trinajstić information content (AvgIpc) is 2.92. The molecule has 0 radical (unpaired) electrons. The largest absolute Gasteiger partial charge is 0.352 e. The van der Waals surface area contributed by atoms with Crippen LogP contribution in [0.25, 0.3) is 0 Å². The molecule has 0 spiro atoms. The summed E-state index contributed by atoms with van der Waals surface area (Å²) in [5.41, 5.74) is 1.12. The van der Waals surface area contributed by atoms with E-state index in [1.165, 1.54) is 48.2 Å². The number of nitrogens with one attached hydrogen (secondary N) is 1. The molecule has 3 aromatic carbocycles. The Balaban J connectivity index is 2.05. The van der Waals surface area contributed by atoms with E-state index < -0.39 is 40.2 Å². The molecule has 0 aromatic heterocycles. The van der Waals surface area contributed by atoms with Crippen LogP contribution in [0.5, 0.6) is 0 Å². The lowest BCUT2D eigenvalue weighted by Crippen LogP contribution is -2.52. The monoisotopic (exact) mass is 573 g/mol. The number of amides is 2. The number of hydrogen-bond acceptors (Lipinski definition) is 4. The van der Waals surface area contributed by atoms with Crippen LogP contribution in [0.3, 0.4) is 0 Å². The minimum absolute atomic E-state index is 0.0160. The third-order valence-corrected chi connectivity index (χ3v) is 8.72. The highest BCUT2D eigenvalue weighted by Crippen LogP contribution is 2.28. The number of benzene rings is 3. The Kier molecular flexibility index (Phi) is 10.1. The molecule has 2 atom stereocenters. The predicted octanol–water partition coefficient (Wildman–Crippen LogP) is 5.31. The van der Waals surface area contributed by atoms with Crippen LogP contribution in [0.4, 0.5) is 10.1 Å². The van der Waals surface area contributed by atoms with Crippen molar-refractivity contribution < 1.29 is 22.4 Å². The van der Waals surface area contributed by atoms with Crippen molar-refractivity contribution in [3.8, 4) is 0 Å². The van der Waals surface area contributed by atoms with Crippen LogP contribution in [-0.2, 0) is 26.2 Å². The van der Waals surface area contributed by atoms with E-state index in [0.717, 1.165) is 9.87 Å². The molecule has 0 heterocycles. The van der Waals surface area contributed by atoms with E-state index in [1.54, 1.807) is 43.3 Å². The van der Waals surface area contributed by atoms with E-state index in [9.17, 15) is 22.4 Å². The van der Waals surface area contributed by atoms with Crippen molar-refractivity contribution in [1.82, 2.24) is 10.2 Å². The maximum Gasteiger partial charge on any atom is 0.264 e. The van der Waals surface area contributed by atoms with Crippen molar-refractivity contribution in [2.24, 2.45) is 0 Å². The molecular weight excluding hydrogens is 541 g/mol. The van der Waals surface area contributed by atoms with Crippen LogP contribution in [0, 0.1) is 12.7 Å². The Morgan fingerprint density at radius 2 is 1.64 bits per heavy atom. The third kappa shape index (κ3) is 7.36. The van der Waals surface area contributed by atoms with Crippen molar-refractivity contribution in [2.75, 3.05) is 10.8 Å². The van der Waals surface area contributed by atoms with Gasteiger partial charge in [-0.15, -0.1) is 0 Å². The Morgan fingerprint density at radius 1 is 1.00 bits per heavy atom. The molecule has 0 aliphatic rings. The molecule has 1 N–H and O–H groups in total. The highest BCUT2D eigenvalue weighted by atomic mass is 35.5. The zero-order valence-corrected chi connectivity index (χ0v) is 24.0. The third-order valence-electron chi connectivity index (χ3n) is 6.52. The van der Waals surface area contributed by atoms with E-state index in [0.29, 0.717) is 11.4 Å². The van der Waals surface area contributed by atoms with Gasteiger partial charge < -0.3 is 10.2 Å². The topological polar surface area (TPSA) is 86.8 Å². The Morgan fingerprint density at radius 3 is 2.26 bits per heavy atom. The van der Waals surface area contributed by atoms with Crippen LogP contribution in [-0.4, -0.2) is 43.8 Å². The molecule has 2 amide bonds. The fourth-order valence-corrected chi connectivity index (χ4v) is 5.45. The fraction of sp³-hybridized carbons (Fsp3) is 0.310. The number of aryl methyl sites for hydroxylation is 1. The molecule has 3 rings (SSSR count). The smallest absolute Gasteiger partial charge is 0.264 e. The molecule has 0 fully saturated rings. The number of rotatable bonds is 11. The number of anilines is 1. The highest BCUT2D eigenvalue weighted by Gasteiger charge is 2.33. The maximum absolute atomic E-state index is 14.6.